The van der Waals surface area contributed by atoms with Gasteiger partial charge in [-0.2, -0.15) is 0 Å². The van der Waals surface area contributed by atoms with Crippen molar-refractivity contribution in [1.82, 2.24) is 19.9 Å². The van der Waals surface area contributed by atoms with Crippen molar-refractivity contribution < 1.29 is 9.53 Å². The average molecular weight is 327 g/mol. The minimum atomic E-state index is -0.591. The van der Waals surface area contributed by atoms with Crippen LogP contribution in [0.5, 0.6) is 0 Å². The zero-order valence-electron chi connectivity index (χ0n) is 14.4. The number of aryl methyl sites for hydroxylation is 1. The number of aromatic nitrogens is 4. The minimum Gasteiger partial charge on any atom is -0.443 e. The second-order valence-electron chi connectivity index (χ2n) is 6.17. The van der Waals surface area contributed by atoms with Crippen LogP contribution < -0.4 is 4.90 Å². The zero-order chi connectivity index (χ0) is 17.7. The molecule has 0 N–H and O–H groups in total. The Kier molecular flexibility index (Phi) is 5.23. The summed E-state index contributed by atoms with van der Waals surface area (Å²) < 4.78 is 5.44. The number of nitrogens with zero attached hydrogens (tertiary/aromatic N) is 5. The van der Waals surface area contributed by atoms with E-state index in [1.165, 1.54) is 11.2 Å². The molecule has 0 spiro atoms. The quantitative estimate of drug-likeness (QED) is 0.802. The Morgan fingerprint density at radius 2 is 1.96 bits per heavy atom. The number of hydrogen-bond acceptors (Lipinski definition) is 6. The van der Waals surface area contributed by atoms with Crippen LogP contribution in [0.4, 0.5) is 10.5 Å². The largest absolute Gasteiger partial charge is 0.443 e. The third-order valence-electron chi connectivity index (χ3n) is 2.99. The Balaban J connectivity index is 2.34. The van der Waals surface area contributed by atoms with Crippen LogP contribution >= 0.6 is 0 Å². The summed E-state index contributed by atoms with van der Waals surface area (Å²) in [5.41, 5.74) is 1.34. The third-order valence-corrected chi connectivity index (χ3v) is 2.99. The molecule has 24 heavy (non-hydrogen) atoms. The molecule has 2 rings (SSSR count). The van der Waals surface area contributed by atoms with Crippen molar-refractivity contribution in [3.8, 4) is 11.4 Å². The molecule has 0 atom stereocenters. The number of hydrogen-bond donors (Lipinski definition) is 0. The van der Waals surface area contributed by atoms with Gasteiger partial charge in [-0.15, -0.1) is 6.58 Å². The van der Waals surface area contributed by atoms with Gasteiger partial charge < -0.3 is 4.74 Å². The Hall–Kier alpha value is -2.83. The second kappa shape index (κ2) is 7.16. The topological polar surface area (TPSA) is 81.1 Å². The van der Waals surface area contributed by atoms with Gasteiger partial charge in [0.15, 0.2) is 5.82 Å². The molecule has 0 bridgehead atoms. The van der Waals surface area contributed by atoms with Crippen molar-refractivity contribution in [3.63, 3.8) is 0 Å². The van der Waals surface area contributed by atoms with E-state index in [0.29, 0.717) is 29.3 Å². The molecule has 0 aliphatic heterocycles. The molecule has 0 saturated heterocycles. The molecule has 126 valence electrons. The van der Waals surface area contributed by atoms with E-state index in [-0.39, 0.29) is 0 Å². The van der Waals surface area contributed by atoms with Crippen molar-refractivity contribution in [2.75, 3.05) is 11.4 Å². The second-order valence-corrected chi connectivity index (χ2v) is 6.17. The molecule has 0 fully saturated rings. The maximum absolute atomic E-state index is 12.4. The smallest absolute Gasteiger partial charge is 0.415 e. The molecule has 0 saturated carbocycles. The summed E-state index contributed by atoms with van der Waals surface area (Å²) >= 11 is 0. The highest BCUT2D eigenvalue weighted by Gasteiger charge is 2.24. The number of rotatable bonds is 4. The van der Waals surface area contributed by atoms with Crippen LogP contribution in [0.1, 0.15) is 26.5 Å². The van der Waals surface area contributed by atoms with Crippen molar-refractivity contribution >= 4 is 11.8 Å². The summed E-state index contributed by atoms with van der Waals surface area (Å²) in [5, 5.41) is 0. The number of amides is 1. The Labute approximate surface area is 141 Å². The first-order valence-corrected chi connectivity index (χ1v) is 7.52. The van der Waals surface area contributed by atoms with Gasteiger partial charge in [-0.25, -0.2) is 24.7 Å². The normalized spacial score (nSPS) is 11.0. The van der Waals surface area contributed by atoms with Gasteiger partial charge in [-0.05, 0) is 27.7 Å². The van der Waals surface area contributed by atoms with Crippen molar-refractivity contribution in [2.45, 2.75) is 33.3 Å². The summed E-state index contributed by atoms with van der Waals surface area (Å²) in [7, 11) is 0. The van der Waals surface area contributed by atoms with E-state index in [9.17, 15) is 4.79 Å². The first-order chi connectivity index (χ1) is 11.3. The number of carbonyl (C=O) groups excluding carboxylic acids is 1. The van der Waals surface area contributed by atoms with Crippen LogP contribution in [0.25, 0.3) is 11.4 Å². The predicted molar refractivity (Wildman–Crippen MR) is 91.6 cm³/mol. The molecule has 0 unspecified atom stereocenters. The summed E-state index contributed by atoms with van der Waals surface area (Å²) in [6.45, 7) is 11.3. The Morgan fingerprint density at radius 1 is 1.29 bits per heavy atom. The van der Waals surface area contributed by atoms with E-state index < -0.39 is 11.7 Å². The standard InChI is InChI=1S/C17H21N5O2/c1-6-7-22(16(23)24-17(3,4)5)14-10-20-15(21-12(14)2)13-8-18-11-19-9-13/h6,8-11H,1,7H2,2-5H3. The molecular formula is C17H21N5O2. The van der Waals surface area contributed by atoms with Gasteiger partial charge in [0, 0.05) is 18.9 Å². The summed E-state index contributed by atoms with van der Waals surface area (Å²) in [6.07, 6.45) is 7.47. The molecule has 0 aromatic carbocycles. The van der Waals surface area contributed by atoms with E-state index >= 15 is 0 Å². The van der Waals surface area contributed by atoms with Crippen LogP contribution in [-0.2, 0) is 4.74 Å². The Morgan fingerprint density at radius 3 is 2.50 bits per heavy atom. The fraction of sp³-hybridized carbons (Fsp3) is 0.353. The minimum absolute atomic E-state index is 0.299. The van der Waals surface area contributed by atoms with Gasteiger partial charge in [0.25, 0.3) is 0 Å². The monoisotopic (exact) mass is 327 g/mol. The molecule has 0 aliphatic rings. The lowest BCUT2D eigenvalue weighted by Crippen LogP contribution is -2.37. The predicted octanol–water partition coefficient (Wildman–Crippen LogP) is 3.17. The van der Waals surface area contributed by atoms with Crippen LogP contribution in [-0.4, -0.2) is 38.2 Å². The van der Waals surface area contributed by atoms with E-state index in [4.69, 9.17) is 4.74 Å². The maximum Gasteiger partial charge on any atom is 0.415 e. The lowest BCUT2D eigenvalue weighted by molar-refractivity contribution is 0.0584. The van der Waals surface area contributed by atoms with Crippen LogP contribution in [0.15, 0.2) is 37.6 Å². The fourth-order valence-corrected chi connectivity index (χ4v) is 2.00. The van der Waals surface area contributed by atoms with E-state index in [1.807, 2.05) is 27.7 Å². The Bertz CT molecular complexity index is 726. The van der Waals surface area contributed by atoms with Gasteiger partial charge in [0.1, 0.15) is 11.9 Å². The molecule has 7 nitrogen and oxygen atoms in total. The lowest BCUT2D eigenvalue weighted by atomic mass is 10.2. The van der Waals surface area contributed by atoms with Gasteiger partial charge in [-0.1, -0.05) is 6.08 Å². The van der Waals surface area contributed by atoms with E-state index in [2.05, 4.69) is 26.5 Å². The van der Waals surface area contributed by atoms with Crippen molar-refractivity contribution in [3.05, 3.63) is 43.3 Å². The number of anilines is 1. The fourth-order valence-electron chi connectivity index (χ4n) is 2.00. The highest BCUT2D eigenvalue weighted by atomic mass is 16.6. The molecule has 7 heteroatoms. The van der Waals surface area contributed by atoms with Crippen LogP contribution in [0, 0.1) is 6.92 Å². The summed E-state index contributed by atoms with van der Waals surface area (Å²) in [5.74, 6) is 0.500. The highest BCUT2D eigenvalue weighted by molar-refractivity contribution is 5.88. The number of ether oxygens (including phenoxy) is 1. The van der Waals surface area contributed by atoms with Crippen molar-refractivity contribution in [2.24, 2.45) is 0 Å². The van der Waals surface area contributed by atoms with Gasteiger partial charge in [-0.3, -0.25) is 4.90 Å². The van der Waals surface area contributed by atoms with Gasteiger partial charge >= 0.3 is 6.09 Å². The van der Waals surface area contributed by atoms with Gasteiger partial charge in [0.05, 0.1) is 23.1 Å². The van der Waals surface area contributed by atoms with E-state index in [1.54, 1.807) is 24.7 Å². The summed E-state index contributed by atoms with van der Waals surface area (Å²) in [6, 6.07) is 0. The van der Waals surface area contributed by atoms with Gasteiger partial charge in [0.2, 0.25) is 0 Å². The third kappa shape index (κ3) is 4.34. The van der Waals surface area contributed by atoms with Crippen LogP contribution in [0.3, 0.4) is 0 Å². The molecule has 2 aromatic rings. The average Bonchev–Trinajstić information content (AvgIpc) is 2.52. The molecule has 2 heterocycles. The SMILES string of the molecule is C=CCN(C(=O)OC(C)(C)C)c1cnc(-c2cncnc2)nc1C. The highest BCUT2D eigenvalue weighted by Crippen LogP contribution is 2.23. The molecule has 1 amide bonds. The molecule has 2 aromatic heterocycles. The first-order valence-electron chi connectivity index (χ1n) is 7.52. The van der Waals surface area contributed by atoms with Crippen molar-refractivity contribution in [1.29, 1.82) is 0 Å². The maximum atomic E-state index is 12.4. The number of carbonyl (C=O) groups is 1. The van der Waals surface area contributed by atoms with E-state index in [0.717, 1.165) is 0 Å². The zero-order valence-corrected chi connectivity index (χ0v) is 14.4. The molecular weight excluding hydrogens is 306 g/mol. The lowest BCUT2D eigenvalue weighted by Gasteiger charge is -2.27. The first kappa shape index (κ1) is 17.5. The van der Waals surface area contributed by atoms with Crippen LogP contribution in [0.2, 0.25) is 0 Å². The molecule has 0 aliphatic carbocycles. The molecule has 0 radical (unpaired) electrons. The summed E-state index contributed by atoms with van der Waals surface area (Å²) in [4.78, 5) is 30.6.